The molecule has 78 valence electrons. The average molecular weight is 196 g/mol. The van der Waals surface area contributed by atoms with E-state index in [9.17, 15) is 4.79 Å². The van der Waals surface area contributed by atoms with Crippen LogP contribution in [0.1, 0.15) is 20.3 Å². The topological polar surface area (TPSA) is 35.5 Å². The van der Waals surface area contributed by atoms with Gasteiger partial charge in [-0.25, -0.2) is 0 Å². The van der Waals surface area contributed by atoms with E-state index in [0.717, 1.165) is 0 Å². The molecule has 0 heterocycles. The third-order valence-electron chi connectivity index (χ3n) is 1.36. The lowest BCUT2D eigenvalue weighted by Crippen LogP contribution is -2.09. The van der Waals surface area contributed by atoms with Gasteiger partial charge in [-0.05, 0) is 13.0 Å². The van der Waals surface area contributed by atoms with Crippen molar-refractivity contribution in [2.75, 3.05) is 13.2 Å². The lowest BCUT2D eigenvalue weighted by molar-refractivity contribution is -0.143. The fourth-order valence-electron chi connectivity index (χ4n) is 0.831. The monoisotopic (exact) mass is 196 g/mol. The molecular formula is C11H16O3. The summed E-state index contributed by atoms with van der Waals surface area (Å²) in [7, 11) is 0. The van der Waals surface area contributed by atoms with E-state index in [1.54, 1.807) is 13.0 Å². The van der Waals surface area contributed by atoms with Crippen LogP contribution in [0.15, 0.2) is 12.2 Å². The van der Waals surface area contributed by atoms with E-state index < -0.39 is 0 Å². The van der Waals surface area contributed by atoms with E-state index in [1.807, 2.05) is 6.08 Å². The standard InChI is InChI=1S/C11H16O3/c1-4-5-8-13-9-6-7-10(2)14-11(3)12/h1,6-7,10H,5,8-9H2,2-3H3/b7-6-. The van der Waals surface area contributed by atoms with Crippen LogP contribution in [-0.2, 0) is 14.3 Å². The molecule has 0 aliphatic heterocycles. The summed E-state index contributed by atoms with van der Waals surface area (Å²) in [5.41, 5.74) is 0. The van der Waals surface area contributed by atoms with Crippen LogP contribution in [0.5, 0.6) is 0 Å². The summed E-state index contributed by atoms with van der Waals surface area (Å²) in [6, 6.07) is 0. The van der Waals surface area contributed by atoms with Crippen molar-refractivity contribution >= 4 is 5.97 Å². The molecule has 0 spiro atoms. The van der Waals surface area contributed by atoms with Gasteiger partial charge in [0.05, 0.1) is 13.2 Å². The zero-order valence-corrected chi connectivity index (χ0v) is 8.66. The van der Waals surface area contributed by atoms with Crippen molar-refractivity contribution < 1.29 is 14.3 Å². The van der Waals surface area contributed by atoms with Crippen LogP contribution < -0.4 is 0 Å². The predicted octanol–water partition coefficient (Wildman–Crippen LogP) is 1.53. The number of terminal acetylenes is 1. The van der Waals surface area contributed by atoms with Crippen LogP contribution in [0.4, 0.5) is 0 Å². The first-order valence-corrected chi connectivity index (χ1v) is 4.52. The minimum absolute atomic E-state index is 0.205. The van der Waals surface area contributed by atoms with Crippen LogP contribution in [0.25, 0.3) is 0 Å². The number of hydrogen-bond acceptors (Lipinski definition) is 3. The molecule has 3 nitrogen and oxygen atoms in total. The number of carbonyl (C=O) groups is 1. The van der Waals surface area contributed by atoms with Gasteiger partial charge in [0.15, 0.2) is 0 Å². The molecule has 0 fully saturated rings. The van der Waals surface area contributed by atoms with Gasteiger partial charge in [-0.1, -0.05) is 6.08 Å². The summed E-state index contributed by atoms with van der Waals surface area (Å²) in [6.07, 6.45) is 9.04. The van der Waals surface area contributed by atoms with Gasteiger partial charge < -0.3 is 9.47 Å². The fraction of sp³-hybridized carbons (Fsp3) is 0.545. The Bertz CT molecular complexity index is 225. The highest BCUT2D eigenvalue weighted by molar-refractivity contribution is 5.66. The average Bonchev–Trinajstić information content (AvgIpc) is 2.10. The van der Waals surface area contributed by atoms with Crippen molar-refractivity contribution in [2.24, 2.45) is 0 Å². The predicted molar refractivity (Wildman–Crippen MR) is 54.6 cm³/mol. The smallest absolute Gasteiger partial charge is 0.303 e. The first-order chi connectivity index (χ1) is 6.66. The van der Waals surface area contributed by atoms with Crippen LogP contribution >= 0.6 is 0 Å². The molecule has 14 heavy (non-hydrogen) atoms. The Morgan fingerprint density at radius 3 is 2.93 bits per heavy atom. The highest BCUT2D eigenvalue weighted by atomic mass is 16.5. The highest BCUT2D eigenvalue weighted by Gasteiger charge is 1.98. The minimum Gasteiger partial charge on any atom is -0.459 e. The Hall–Kier alpha value is -1.27. The van der Waals surface area contributed by atoms with Crippen LogP contribution in [-0.4, -0.2) is 25.3 Å². The number of rotatable bonds is 6. The molecule has 3 heteroatoms. The maximum Gasteiger partial charge on any atom is 0.303 e. The van der Waals surface area contributed by atoms with Crippen LogP contribution in [0.3, 0.4) is 0 Å². The first kappa shape index (κ1) is 12.7. The summed E-state index contributed by atoms with van der Waals surface area (Å²) >= 11 is 0. The van der Waals surface area contributed by atoms with E-state index in [1.165, 1.54) is 6.92 Å². The molecule has 1 atom stereocenters. The number of ether oxygens (including phenoxy) is 2. The third kappa shape index (κ3) is 8.82. The minimum atomic E-state index is -0.282. The Labute approximate surface area is 85.1 Å². The van der Waals surface area contributed by atoms with Crippen molar-refractivity contribution in [3.05, 3.63) is 12.2 Å². The molecule has 0 saturated heterocycles. The quantitative estimate of drug-likeness (QED) is 0.280. The van der Waals surface area contributed by atoms with Gasteiger partial charge in [0.25, 0.3) is 0 Å². The maximum atomic E-state index is 10.5. The second-order valence-electron chi connectivity index (χ2n) is 2.77. The molecule has 0 saturated carbocycles. The lowest BCUT2D eigenvalue weighted by atomic mass is 10.3. The van der Waals surface area contributed by atoms with Crippen molar-refractivity contribution in [3.8, 4) is 12.3 Å². The summed E-state index contributed by atoms with van der Waals surface area (Å²) in [4.78, 5) is 10.5. The molecule has 0 radical (unpaired) electrons. The lowest BCUT2D eigenvalue weighted by Gasteiger charge is -2.05. The van der Waals surface area contributed by atoms with Gasteiger partial charge in [-0.15, -0.1) is 12.3 Å². The van der Waals surface area contributed by atoms with Crippen LogP contribution in [0, 0.1) is 12.3 Å². The van der Waals surface area contributed by atoms with Crippen molar-refractivity contribution in [1.82, 2.24) is 0 Å². The molecule has 0 N–H and O–H groups in total. The third-order valence-corrected chi connectivity index (χ3v) is 1.36. The Morgan fingerprint density at radius 1 is 1.64 bits per heavy atom. The fourth-order valence-corrected chi connectivity index (χ4v) is 0.831. The maximum absolute atomic E-state index is 10.5. The van der Waals surface area contributed by atoms with Gasteiger partial charge >= 0.3 is 5.97 Å². The van der Waals surface area contributed by atoms with Crippen LogP contribution in [0.2, 0.25) is 0 Å². The zero-order chi connectivity index (χ0) is 10.8. The molecule has 0 aromatic rings. The summed E-state index contributed by atoms with van der Waals surface area (Å²) in [5, 5.41) is 0. The molecule has 0 aromatic carbocycles. The van der Waals surface area contributed by atoms with E-state index in [-0.39, 0.29) is 12.1 Å². The van der Waals surface area contributed by atoms with Gasteiger partial charge in [-0.3, -0.25) is 4.79 Å². The normalized spacial score (nSPS) is 12.4. The van der Waals surface area contributed by atoms with Gasteiger partial charge in [0.1, 0.15) is 6.10 Å². The first-order valence-electron chi connectivity index (χ1n) is 4.52. The largest absolute Gasteiger partial charge is 0.459 e. The van der Waals surface area contributed by atoms with E-state index >= 15 is 0 Å². The van der Waals surface area contributed by atoms with Crippen molar-refractivity contribution in [3.63, 3.8) is 0 Å². The van der Waals surface area contributed by atoms with Crippen molar-refractivity contribution in [2.45, 2.75) is 26.4 Å². The van der Waals surface area contributed by atoms with Gasteiger partial charge in [0, 0.05) is 13.3 Å². The van der Waals surface area contributed by atoms with Gasteiger partial charge in [-0.2, -0.15) is 0 Å². The Balaban J connectivity index is 3.43. The second kappa shape index (κ2) is 8.33. The highest BCUT2D eigenvalue weighted by Crippen LogP contribution is 1.93. The molecule has 0 rings (SSSR count). The molecule has 0 amide bonds. The van der Waals surface area contributed by atoms with E-state index in [2.05, 4.69) is 5.92 Å². The van der Waals surface area contributed by atoms with Crippen molar-refractivity contribution in [1.29, 1.82) is 0 Å². The van der Waals surface area contributed by atoms with E-state index in [4.69, 9.17) is 15.9 Å². The summed E-state index contributed by atoms with van der Waals surface area (Å²) < 4.78 is 10.0. The summed E-state index contributed by atoms with van der Waals surface area (Å²) in [5.74, 6) is 2.19. The number of esters is 1. The summed E-state index contributed by atoms with van der Waals surface area (Å²) in [6.45, 7) is 4.23. The Kier molecular flexibility index (Phi) is 7.58. The zero-order valence-electron chi connectivity index (χ0n) is 8.66. The molecule has 1 unspecified atom stereocenters. The van der Waals surface area contributed by atoms with Gasteiger partial charge in [0.2, 0.25) is 0 Å². The molecule has 0 aliphatic rings. The number of hydrogen-bond donors (Lipinski definition) is 0. The Morgan fingerprint density at radius 2 is 2.36 bits per heavy atom. The molecular weight excluding hydrogens is 180 g/mol. The molecule has 0 aromatic heterocycles. The molecule has 0 bridgehead atoms. The van der Waals surface area contributed by atoms with E-state index in [0.29, 0.717) is 19.6 Å². The number of carbonyl (C=O) groups excluding carboxylic acids is 1. The second-order valence-corrected chi connectivity index (χ2v) is 2.77. The SMILES string of the molecule is C#CCCOC/C=C\C(C)OC(C)=O. The molecule has 0 aliphatic carbocycles.